The molecule has 1 aromatic carbocycles. The van der Waals surface area contributed by atoms with Crippen LogP contribution < -0.4 is 10.6 Å². The second-order valence-corrected chi connectivity index (χ2v) is 6.13. The van der Waals surface area contributed by atoms with Gasteiger partial charge in [0.2, 0.25) is 11.8 Å². The van der Waals surface area contributed by atoms with E-state index < -0.39 is 34.6 Å². The fourth-order valence-electron chi connectivity index (χ4n) is 2.43. The molecule has 0 aromatic heterocycles. The minimum Gasteiger partial charge on any atom is -0.352 e. The van der Waals surface area contributed by atoms with Crippen molar-refractivity contribution in [2.75, 3.05) is 5.32 Å². The largest absolute Gasteiger partial charge is 0.352 e. The summed E-state index contributed by atoms with van der Waals surface area (Å²) in [5.74, 6) is -2.93. The summed E-state index contributed by atoms with van der Waals surface area (Å²) >= 11 is 0. The average molecular weight is 310 g/mol. The van der Waals surface area contributed by atoms with Crippen molar-refractivity contribution in [2.24, 2.45) is 5.41 Å². The van der Waals surface area contributed by atoms with Gasteiger partial charge in [0, 0.05) is 6.04 Å². The molecule has 0 unspecified atom stereocenters. The summed E-state index contributed by atoms with van der Waals surface area (Å²) < 4.78 is 27.1. The van der Waals surface area contributed by atoms with E-state index in [1.165, 1.54) is 19.9 Å². The average Bonchev–Trinajstić information content (AvgIpc) is 2.95. The van der Waals surface area contributed by atoms with Crippen molar-refractivity contribution < 1.29 is 18.4 Å². The highest BCUT2D eigenvalue weighted by Gasteiger charge is 2.38. The van der Waals surface area contributed by atoms with Crippen LogP contribution in [0.25, 0.3) is 0 Å². The molecule has 22 heavy (non-hydrogen) atoms. The summed E-state index contributed by atoms with van der Waals surface area (Å²) in [6.45, 7) is 2.87. The Morgan fingerprint density at radius 2 is 1.64 bits per heavy atom. The molecule has 0 heterocycles. The third-order valence-electron chi connectivity index (χ3n) is 4.03. The zero-order chi connectivity index (χ0) is 16.3. The molecule has 0 atom stereocenters. The van der Waals surface area contributed by atoms with Crippen molar-refractivity contribution in [3.8, 4) is 0 Å². The van der Waals surface area contributed by atoms with Crippen molar-refractivity contribution in [2.45, 2.75) is 45.6 Å². The van der Waals surface area contributed by atoms with Crippen molar-refractivity contribution in [1.82, 2.24) is 5.32 Å². The molecule has 1 aliphatic rings. The first-order valence-electron chi connectivity index (χ1n) is 7.39. The maximum absolute atomic E-state index is 13.6. The van der Waals surface area contributed by atoms with Gasteiger partial charge in [-0.25, -0.2) is 8.78 Å². The SMILES string of the molecule is CC(C)(C(=O)Nc1c(F)cccc1F)C(=O)NC1CCCC1. The molecule has 1 aliphatic carbocycles. The van der Waals surface area contributed by atoms with Crippen LogP contribution >= 0.6 is 0 Å². The number of hydrogen-bond donors (Lipinski definition) is 2. The minimum absolute atomic E-state index is 0.0739. The van der Waals surface area contributed by atoms with Gasteiger partial charge in [0.05, 0.1) is 0 Å². The highest BCUT2D eigenvalue weighted by Crippen LogP contribution is 2.25. The van der Waals surface area contributed by atoms with E-state index in [4.69, 9.17) is 0 Å². The number of halogens is 2. The Kier molecular flexibility index (Phi) is 4.78. The topological polar surface area (TPSA) is 58.2 Å². The maximum atomic E-state index is 13.6. The zero-order valence-electron chi connectivity index (χ0n) is 12.7. The van der Waals surface area contributed by atoms with Gasteiger partial charge in [-0.2, -0.15) is 0 Å². The van der Waals surface area contributed by atoms with E-state index in [2.05, 4.69) is 10.6 Å². The molecule has 0 aliphatic heterocycles. The van der Waals surface area contributed by atoms with Gasteiger partial charge in [0.15, 0.2) is 0 Å². The number of carbonyl (C=O) groups excluding carboxylic acids is 2. The molecule has 2 rings (SSSR count). The molecule has 0 spiro atoms. The van der Waals surface area contributed by atoms with Gasteiger partial charge in [0.25, 0.3) is 0 Å². The molecule has 0 bridgehead atoms. The van der Waals surface area contributed by atoms with Gasteiger partial charge in [-0.05, 0) is 38.8 Å². The van der Waals surface area contributed by atoms with E-state index in [0.717, 1.165) is 37.8 Å². The normalized spacial score (nSPS) is 15.6. The third-order valence-corrected chi connectivity index (χ3v) is 4.03. The molecule has 120 valence electrons. The van der Waals surface area contributed by atoms with Crippen molar-refractivity contribution >= 4 is 17.5 Å². The van der Waals surface area contributed by atoms with E-state index in [0.29, 0.717) is 0 Å². The first-order valence-corrected chi connectivity index (χ1v) is 7.39. The Hall–Kier alpha value is -1.98. The maximum Gasteiger partial charge on any atom is 0.239 e. The van der Waals surface area contributed by atoms with Crippen molar-refractivity contribution in [1.29, 1.82) is 0 Å². The minimum atomic E-state index is -1.42. The lowest BCUT2D eigenvalue weighted by atomic mass is 9.90. The molecule has 1 saturated carbocycles. The fraction of sp³-hybridized carbons (Fsp3) is 0.500. The number of rotatable bonds is 4. The predicted octanol–water partition coefficient (Wildman–Crippen LogP) is 2.99. The van der Waals surface area contributed by atoms with Crippen LogP contribution in [0.3, 0.4) is 0 Å². The molecule has 0 radical (unpaired) electrons. The van der Waals surface area contributed by atoms with Crippen LogP contribution in [-0.4, -0.2) is 17.9 Å². The first kappa shape index (κ1) is 16.4. The zero-order valence-corrected chi connectivity index (χ0v) is 12.7. The summed E-state index contributed by atoms with van der Waals surface area (Å²) in [5, 5.41) is 5.00. The second kappa shape index (κ2) is 6.42. The molecular formula is C16H20F2N2O2. The number of amides is 2. The Balaban J connectivity index is 2.07. The van der Waals surface area contributed by atoms with Gasteiger partial charge < -0.3 is 10.6 Å². The van der Waals surface area contributed by atoms with E-state index in [9.17, 15) is 18.4 Å². The highest BCUT2D eigenvalue weighted by atomic mass is 19.1. The van der Waals surface area contributed by atoms with Crippen molar-refractivity contribution in [3.63, 3.8) is 0 Å². The van der Waals surface area contributed by atoms with E-state index in [1.54, 1.807) is 0 Å². The number of anilines is 1. The summed E-state index contributed by atoms with van der Waals surface area (Å²) in [6.07, 6.45) is 3.90. The number of carbonyl (C=O) groups is 2. The van der Waals surface area contributed by atoms with Crippen molar-refractivity contribution in [3.05, 3.63) is 29.8 Å². The molecule has 1 aromatic rings. The molecule has 2 N–H and O–H groups in total. The quantitative estimate of drug-likeness (QED) is 0.840. The predicted molar refractivity (Wildman–Crippen MR) is 79.2 cm³/mol. The van der Waals surface area contributed by atoms with Crippen LogP contribution in [0.1, 0.15) is 39.5 Å². The molecule has 2 amide bonds. The summed E-state index contributed by atoms with van der Waals surface area (Å²) in [5.41, 5.74) is -1.95. The number of para-hydroxylation sites is 1. The van der Waals surface area contributed by atoms with Gasteiger partial charge in [-0.1, -0.05) is 18.9 Å². The van der Waals surface area contributed by atoms with E-state index in [1.807, 2.05) is 0 Å². The monoisotopic (exact) mass is 310 g/mol. The Morgan fingerprint density at radius 1 is 1.09 bits per heavy atom. The van der Waals surface area contributed by atoms with Crippen LogP contribution in [0, 0.1) is 17.0 Å². The lowest BCUT2D eigenvalue weighted by molar-refractivity contribution is -0.138. The van der Waals surface area contributed by atoms with E-state index >= 15 is 0 Å². The van der Waals surface area contributed by atoms with Crippen LogP contribution in [0.2, 0.25) is 0 Å². The number of benzene rings is 1. The molecule has 6 heteroatoms. The van der Waals surface area contributed by atoms with Gasteiger partial charge >= 0.3 is 0 Å². The first-order chi connectivity index (χ1) is 10.3. The summed E-state index contributed by atoms with van der Waals surface area (Å²) in [7, 11) is 0. The second-order valence-electron chi connectivity index (χ2n) is 6.13. The molecule has 0 saturated heterocycles. The van der Waals surface area contributed by atoms with Gasteiger partial charge in [0.1, 0.15) is 22.7 Å². The van der Waals surface area contributed by atoms with Crippen LogP contribution in [0.5, 0.6) is 0 Å². The lowest BCUT2D eigenvalue weighted by Crippen LogP contribution is -2.48. The summed E-state index contributed by atoms with van der Waals surface area (Å²) in [6, 6.07) is 3.37. The van der Waals surface area contributed by atoms with Gasteiger partial charge in [-0.15, -0.1) is 0 Å². The Morgan fingerprint density at radius 3 is 2.18 bits per heavy atom. The van der Waals surface area contributed by atoms with Crippen LogP contribution in [0.4, 0.5) is 14.5 Å². The standard InChI is InChI=1S/C16H20F2N2O2/c1-16(2,14(21)19-10-6-3-4-7-10)15(22)20-13-11(17)8-5-9-12(13)18/h5,8-10H,3-4,6-7H2,1-2H3,(H,19,21)(H,20,22). The fourth-order valence-corrected chi connectivity index (χ4v) is 2.43. The number of hydrogen-bond acceptors (Lipinski definition) is 2. The third kappa shape index (κ3) is 3.43. The highest BCUT2D eigenvalue weighted by molar-refractivity contribution is 6.10. The smallest absolute Gasteiger partial charge is 0.239 e. The molecular weight excluding hydrogens is 290 g/mol. The van der Waals surface area contributed by atoms with Crippen LogP contribution in [0.15, 0.2) is 18.2 Å². The van der Waals surface area contributed by atoms with Gasteiger partial charge in [-0.3, -0.25) is 9.59 Å². The molecule has 4 nitrogen and oxygen atoms in total. The lowest BCUT2D eigenvalue weighted by Gasteiger charge is -2.25. The Bertz CT molecular complexity index is 561. The number of nitrogens with one attached hydrogen (secondary N) is 2. The molecule has 1 fully saturated rings. The van der Waals surface area contributed by atoms with E-state index in [-0.39, 0.29) is 6.04 Å². The summed E-state index contributed by atoms with van der Waals surface area (Å²) in [4.78, 5) is 24.5. The van der Waals surface area contributed by atoms with Crippen LogP contribution in [-0.2, 0) is 9.59 Å². The Labute approximate surface area is 128 Å².